The Kier molecular flexibility index (Phi) is 8.35. The molecule has 3 aromatic heterocycles. The highest BCUT2D eigenvalue weighted by Gasteiger charge is 2.33. The molecule has 1 aliphatic carbocycles. The lowest BCUT2D eigenvalue weighted by atomic mass is 10.1. The summed E-state index contributed by atoms with van der Waals surface area (Å²) in [5, 5.41) is 4.74. The van der Waals surface area contributed by atoms with Crippen molar-refractivity contribution >= 4 is 29.5 Å². The van der Waals surface area contributed by atoms with E-state index in [1.807, 2.05) is 96.3 Å². The maximum absolute atomic E-state index is 13.9. The number of rotatable bonds is 6. The number of hydrogen-bond acceptors (Lipinski definition) is 8. The summed E-state index contributed by atoms with van der Waals surface area (Å²) >= 11 is 0. The molecule has 1 aliphatic heterocycles. The van der Waals surface area contributed by atoms with Crippen LogP contribution in [0.1, 0.15) is 71.4 Å². The van der Waals surface area contributed by atoms with E-state index in [-0.39, 0.29) is 12.6 Å². The fourth-order valence-corrected chi connectivity index (χ4v) is 5.49. The maximum atomic E-state index is 13.9. The number of ether oxygens (including phenoxy) is 2. The van der Waals surface area contributed by atoms with Gasteiger partial charge in [-0.1, -0.05) is 30.3 Å². The van der Waals surface area contributed by atoms with Crippen LogP contribution >= 0.6 is 0 Å². The molecule has 0 radical (unpaired) electrons. The second kappa shape index (κ2) is 12.3. The zero-order valence-electron chi connectivity index (χ0n) is 27.6. The molecule has 2 amide bonds. The number of anilines is 2. The van der Waals surface area contributed by atoms with E-state index in [0.717, 1.165) is 46.7 Å². The van der Waals surface area contributed by atoms with Gasteiger partial charge in [-0.15, -0.1) is 0 Å². The van der Waals surface area contributed by atoms with Crippen molar-refractivity contribution in [2.75, 3.05) is 36.0 Å². The molecule has 1 saturated carbocycles. The van der Waals surface area contributed by atoms with Crippen LogP contribution in [0, 0.1) is 0 Å². The van der Waals surface area contributed by atoms with Crippen molar-refractivity contribution in [2.24, 2.45) is 0 Å². The lowest BCUT2D eigenvalue weighted by Gasteiger charge is -2.36. The second-order valence-electron chi connectivity index (χ2n) is 14.0. The smallest absolute Gasteiger partial charge is 0.416 e. The Morgan fingerprint density at radius 3 is 2.22 bits per heavy atom. The molecule has 0 atom stereocenters. The third-order valence-corrected chi connectivity index (χ3v) is 7.89. The monoisotopic (exact) mass is 625 g/mol. The number of aromatic nitrogens is 4. The van der Waals surface area contributed by atoms with Crippen molar-refractivity contribution in [1.29, 1.82) is 0 Å². The van der Waals surface area contributed by atoms with Gasteiger partial charge in [-0.05, 0) is 78.0 Å². The van der Waals surface area contributed by atoms with Crippen molar-refractivity contribution in [2.45, 2.75) is 78.0 Å². The Bertz CT molecular complexity index is 1700. The first kappa shape index (κ1) is 31.3. The van der Waals surface area contributed by atoms with Gasteiger partial charge in [-0.25, -0.2) is 14.6 Å². The van der Waals surface area contributed by atoms with E-state index >= 15 is 0 Å². The Morgan fingerprint density at radius 2 is 1.61 bits per heavy atom. The second-order valence-corrected chi connectivity index (χ2v) is 14.0. The van der Waals surface area contributed by atoms with Crippen LogP contribution in [-0.2, 0) is 16.0 Å². The molecule has 46 heavy (non-hydrogen) atoms. The number of pyridine rings is 1. The topological polar surface area (TPSA) is 105 Å². The molecule has 2 fully saturated rings. The van der Waals surface area contributed by atoms with E-state index in [9.17, 15) is 9.59 Å². The molecule has 4 aromatic rings. The number of carbonyl (C=O) groups excluding carboxylic acids is 2. The minimum absolute atomic E-state index is 0.265. The van der Waals surface area contributed by atoms with Gasteiger partial charge in [-0.3, -0.25) is 9.88 Å². The summed E-state index contributed by atoms with van der Waals surface area (Å²) in [5.41, 5.74) is 3.37. The van der Waals surface area contributed by atoms with Gasteiger partial charge in [0.1, 0.15) is 22.8 Å². The average molecular weight is 626 g/mol. The number of benzene rings is 1. The predicted molar refractivity (Wildman–Crippen MR) is 177 cm³/mol. The number of piperazine rings is 1. The molecule has 11 nitrogen and oxygen atoms in total. The van der Waals surface area contributed by atoms with Crippen molar-refractivity contribution < 1.29 is 19.1 Å². The Hall–Kier alpha value is -4.67. The van der Waals surface area contributed by atoms with Crippen molar-refractivity contribution in [3.05, 3.63) is 72.1 Å². The standard InChI is InChI=1S/C35H43N7O4/c1-34(2,3)45-32(43)40-19-17-39(18-20-40)29-21-30(42-31(38-29)27(22-37-42)25-14-15-25)41(33(44)46-35(4,5)6)23-24-10-12-26(13-11-24)28-9-7-8-16-36-28/h7-13,16,21-22,25H,14-15,17-20,23H2,1-6H3. The summed E-state index contributed by atoms with van der Waals surface area (Å²) in [5.74, 6) is 1.71. The van der Waals surface area contributed by atoms with Gasteiger partial charge < -0.3 is 19.3 Å². The molecular weight excluding hydrogens is 582 g/mol. The van der Waals surface area contributed by atoms with E-state index < -0.39 is 17.3 Å². The predicted octanol–water partition coefficient (Wildman–Crippen LogP) is 6.67. The Morgan fingerprint density at radius 1 is 0.913 bits per heavy atom. The third-order valence-electron chi connectivity index (χ3n) is 7.89. The highest BCUT2D eigenvalue weighted by molar-refractivity contribution is 5.88. The number of carbonyl (C=O) groups is 2. The maximum Gasteiger partial charge on any atom is 0.416 e. The van der Waals surface area contributed by atoms with Crippen LogP contribution < -0.4 is 9.80 Å². The molecule has 6 rings (SSSR count). The normalized spacial score (nSPS) is 15.6. The van der Waals surface area contributed by atoms with Gasteiger partial charge >= 0.3 is 12.2 Å². The van der Waals surface area contributed by atoms with Gasteiger partial charge in [0.15, 0.2) is 5.65 Å². The lowest BCUT2D eigenvalue weighted by molar-refractivity contribution is 0.0240. The van der Waals surface area contributed by atoms with Crippen LogP contribution in [0.2, 0.25) is 0 Å². The number of amides is 2. The van der Waals surface area contributed by atoms with Crippen LogP contribution in [0.25, 0.3) is 16.9 Å². The Balaban J connectivity index is 1.34. The zero-order chi connectivity index (χ0) is 32.6. The van der Waals surface area contributed by atoms with Gasteiger partial charge in [0.2, 0.25) is 0 Å². The minimum atomic E-state index is -0.700. The van der Waals surface area contributed by atoms with Crippen molar-refractivity contribution in [3.8, 4) is 11.3 Å². The highest BCUT2D eigenvalue weighted by atomic mass is 16.6. The minimum Gasteiger partial charge on any atom is -0.444 e. The molecule has 0 unspecified atom stereocenters. The van der Waals surface area contributed by atoms with Crippen LogP contribution in [-0.4, -0.2) is 74.0 Å². The molecular formula is C35H43N7O4. The van der Waals surface area contributed by atoms with Crippen LogP contribution in [0.5, 0.6) is 0 Å². The molecule has 4 heterocycles. The first-order valence-electron chi connectivity index (χ1n) is 16.0. The number of nitrogens with zero attached hydrogens (tertiary/aromatic N) is 7. The molecule has 1 saturated heterocycles. The number of hydrogen-bond donors (Lipinski definition) is 0. The summed E-state index contributed by atoms with van der Waals surface area (Å²) in [6, 6.07) is 15.8. The molecule has 2 aliphatic rings. The van der Waals surface area contributed by atoms with Gasteiger partial charge in [-0.2, -0.15) is 9.61 Å². The molecule has 11 heteroatoms. The van der Waals surface area contributed by atoms with E-state index in [4.69, 9.17) is 19.6 Å². The average Bonchev–Trinajstić information content (AvgIpc) is 3.76. The van der Waals surface area contributed by atoms with E-state index in [0.29, 0.717) is 37.9 Å². The fourth-order valence-electron chi connectivity index (χ4n) is 5.49. The van der Waals surface area contributed by atoms with Crippen LogP contribution in [0.4, 0.5) is 21.2 Å². The van der Waals surface area contributed by atoms with Gasteiger partial charge in [0.05, 0.1) is 18.4 Å². The van der Waals surface area contributed by atoms with Gasteiger partial charge in [0, 0.05) is 49.6 Å². The molecule has 0 spiro atoms. The van der Waals surface area contributed by atoms with Crippen molar-refractivity contribution in [1.82, 2.24) is 24.5 Å². The quantitative estimate of drug-likeness (QED) is 0.234. The number of fused-ring (bicyclic) bond motifs is 1. The summed E-state index contributed by atoms with van der Waals surface area (Å²) in [6.45, 7) is 13.6. The molecule has 0 N–H and O–H groups in total. The summed E-state index contributed by atoms with van der Waals surface area (Å²) in [6.07, 6.45) is 5.05. The van der Waals surface area contributed by atoms with E-state index in [1.54, 1.807) is 20.5 Å². The molecule has 0 bridgehead atoms. The highest BCUT2D eigenvalue weighted by Crippen LogP contribution is 2.42. The van der Waals surface area contributed by atoms with E-state index in [2.05, 4.69) is 9.88 Å². The summed E-state index contributed by atoms with van der Waals surface area (Å²) in [7, 11) is 0. The zero-order valence-corrected chi connectivity index (χ0v) is 27.6. The van der Waals surface area contributed by atoms with Crippen LogP contribution in [0.15, 0.2) is 60.9 Å². The molecule has 1 aromatic carbocycles. The summed E-state index contributed by atoms with van der Waals surface area (Å²) < 4.78 is 13.3. The van der Waals surface area contributed by atoms with Crippen molar-refractivity contribution in [3.63, 3.8) is 0 Å². The SMILES string of the molecule is CC(C)(C)OC(=O)N1CCN(c2cc(N(Cc3ccc(-c4ccccn4)cc3)C(=O)OC(C)(C)C)n3ncc(C4CC4)c3n2)CC1. The van der Waals surface area contributed by atoms with Gasteiger partial charge in [0.25, 0.3) is 0 Å². The van der Waals surface area contributed by atoms with Crippen LogP contribution in [0.3, 0.4) is 0 Å². The first-order valence-corrected chi connectivity index (χ1v) is 16.0. The third kappa shape index (κ3) is 7.24. The molecule has 242 valence electrons. The first-order chi connectivity index (χ1) is 21.8. The van der Waals surface area contributed by atoms with E-state index in [1.165, 1.54) is 0 Å². The fraction of sp³-hybridized carbons (Fsp3) is 0.457. The summed E-state index contributed by atoms with van der Waals surface area (Å²) in [4.78, 5) is 41.7. The largest absolute Gasteiger partial charge is 0.444 e. The Labute approximate surface area is 270 Å². The lowest BCUT2D eigenvalue weighted by Crippen LogP contribution is -2.50.